The van der Waals surface area contributed by atoms with Crippen LogP contribution in [0.4, 0.5) is 5.69 Å². The minimum atomic E-state index is -1.10. The molecule has 0 atom stereocenters. The minimum absolute atomic E-state index is 0.252. The Kier molecular flexibility index (Phi) is 5.53. The minimum Gasteiger partial charge on any atom is -0.355 e. The van der Waals surface area contributed by atoms with Crippen molar-refractivity contribution >= 4 is 17.5 Å². The molecular formula is C17H26N2O2. The zero-order valence-electron chi connectivity index (χ0n) is 13.8. The molecule has 0 saturated heterocycles. The van der Waals surface area contributed by atoms with E-state index in [1.54, 1.807) is 13.8 Å². The van der Waals surface area contributed by atoms with Crippen molar-refractivity contribution in [2.24, 2.45) is 11.3 Å². The van der Waals surface area contributed by atoms with E-state index in [9.17, 15) is 9.59 Å². The normalized spacial score (nSPS) is 11.4. The fraction of sp³-hybridized carbons (Fsp3) is 0.529. The molecule has 4 heteroatoms. The average Bonchev–Trinajstić information content (AvgIpc) is 2.34. The summed E-state index contributed by atoms with van der Waals surface area (Å²) in [6.45, 7) is 11.8. The summed E-state index contributed by atoms with van der Waals surface area (Å²) in [6.07, 6.45) is 0. The first-order chi connectivity index (χ1) is 9.62. The van der Waals surface area contributed by atoms with Crippen LogP contribution in [-0.4, -0.2) is 18.4 Å². The van der Waals surface area contributed by atoms with Gasteiger partial charge in [0.2, 0.25) is 11.8 Å². The molecule has 2 N–H and O–H groups in total. The lowest BCUT2D eigenvalue weighted by Gasteiger charge is -2.23. The van der Waals surface area contributed by atoms with Crippen LogP contribution in [0.2, 0.25) is 0 Å². The van der Waals surface area contributed by atoms with E-state index >= 15 is 0 Å². The Labute approximate surface area is 127 Å². The van der Waals surface area contributed by atoms with E-state index in [2.05, 4.69) is 10.6 Å². The van der Waals surface area contributed by atoms with Crippen molar-refractivity contribution in [3.63, 3.8) is 0 Å². The summed E-state index contributed by atoms with van der Waals surface area (Å²) < 4.78 is 0. The van der Waals surface area contributed by atoms with Crippen molar-refractivity contribution in [2.45, 2.75) is 41.5 Å². The molecule has 0 aliphatic heterocycles. The Morgan fingerprint density at radius 2 is 1.57 bits per heavy atom. The van der Waals surface area contributed by atoms with Crippen LogP contribution in [0, 0.1) is 25.2 Å². The highest BCUT2D eigenvalue weighted by Crippen LogP contribution is 2.20. The first kappa shape index (κ1) is 17.2. The van der Waals surface area contributed by atoms with Gasteiger partial charge in [0.1, 0.15) is 5.41 Å². The third-order valence-electron chi connectivity index (χ3n) is 3.29. The summed E-state index contributed by atoms with van der Waals surface area (Å²) in [5.74, 6) is -0.195. The number of nitrogens with one attached hydrogen (secondary N) is 2. The van der Waals surface area contributed by atoms with Crippen molar-refractivity contribution in [1.82, 2.24) is 5.32 Å². The molecule has 0 spiro atoms. The smallest absolute Gasteiger partial charge is 0.239 e. The number of benzene rings is 1. The molecule has 0 heterocycles. The predicted octanol–water partition coefficient (Wildman–Crippen LogP) is 3.04. The van der Waals surface area contributed by atoms with Crippen LogP contribution in [0.1, 0.15) is 38.8 Å². The quantitative estimate of drug-likeness (QED) is 0.819. The predicted molar refractivity (Wildman–Crippen MR) is 86.2 cm³/mol. The van der Waals surface area contributed by atoms with Gasteiger partial charge in [-0.1, -0.05) is 19.9 Å². The van der Waals surface area contributed by atoms with E-state index in [-0.39, 0.29) is 11.8 Å². The zero-order valence-corrected chi connectivity index (χ0v) is 13.8. The molecule has 2 amide bonds. The monoisotopic (exact) mass is 290 g/mol. The van der Waals surface area contributed by atoms with Crippen LogP contribution in [0.25, 0.3) is 0 Å². The molecule has 0 saturated carbocycles. The number of anilines is 1. The van der Waals surface area contributed by atoms with Gasteiger partial charge in [-0.05, 0) is 56.9 Å². The molecule has 21 heavy (non-hydrogen) atoms. The molecule has 1 aromatic rings. The topological polar surface area (TPSA) is 58.2 Å². The van der Waals surface area contributed by atoms with Crippen LogP contribution >= 0.6 is 0 Å². The molecule has 0 aromatic heterocycles. The van der Waals surface area contributed by atoms with Gasteiger partial charge in [-0.25, -0.2) is 0 Å². The average molecular weight is 290 g/mol. The number of amides is 2. The molecule has 0 radical (unpaired) electrons. The second-order valence-electron chi connectivity index (χ2n) is 6.56. The highest BCUT2D eigenvalue weighted by molar-refractivity contribution is 6.09. The van der Waals surface area contributed by atoms with Crippen LogP contribution in [0.15, 0.2) is 18.2 Å². The van der Waals surface area contributed by atoms with Gasteiger partial charge >= 0.3 is 0 Å². The number of hydrogen-bond acceptors (Lipinski definition) is 2. The van der Waals surface area contributed by atoms with Gasteiger partial charge in [0, 0.05) is 12.2 Å². The zero-order chi connectivity index (χ0) is 16.2. The maximum absolute atomic E-state index is 12.4. The number of carbonyl (C=O) groups excluding carboxylic acids is 2. The van der Waals surface area contributed by atoms with E-state index in [1.807, 2.05) is 45.9 Å². The molecule has 0 bridgehead atoms. The first-order valence-corrected chi connectivity index (χ1v) is 7.31. The number of carbonyl (C=O) groups is 2. The van der Waals surface area contributed by atoms with Crippen LogP contribution in [-0.2, 0) is 9.59 Å². The van der Waals surface area contributed by atoms with E-state index in [4.69, 9.17) is 0 Å². The number of hydrogen-bond donors (Lipinski definition) is 2. The summed E-state index contributed by atoms with van der Waals surface area (Å²) in [4.78, 5) is 24.5. The van der Waals surface area contributed by atoms with Gasteiger partial charge < -0.3 is 10.6 Å². The third kappa shape index (κ3) is 4.88. The first-order valence-electron chi connectivity index (χ1n) is 7.31. The van der Waals surface area contributed by atoms with E-state index in [1.165, 1.54) is 0 Å². The van der Waals surface area contributed by atoms with Crippen LogP contribution < -0.4 is 10.6 Å². The standard InChI is InChI=1S/C17H26N2O2/c1-11(2)10-18-15(20)17(5,6)16(21)19-14-8-12(3)7-13(4)9-14/h7-9,11H,10H2,1-6H3,(H,18,20)(H,19,21). The highest BCUT2D eigenvalue weighted by atomic mass is 16.2. The highest BCUT2D eigenvalue weighted by Gasteiger charge is 2.36. The van der Waals surface area contributed by atoms with Gasteiger partial charge in [-0.3, -0.25) is 9.59 Å². The van der Waals surface area contributed by atoms with Gasteiger partial charge in [-0.15, -0.1) is 0 Å². The largest absolute Gasteiger partial charge is 0.355 e. The number of aryl methyl sites for hydroxylation is 2. The van der Waals surface area contributed by atoms with Crippen LogP contribution in [0.5, 0.6) is 0 Å². The summed E-state index contributed by atoms with van der Waals surface area (Å²) in [5, 5.41) is 5.64. The molecule has 0 unspecified atom stereocenters. The van der Waals surface area contributed by atoms with E-state index < -0.39 is 5.41 Å². The lowest BCUT2D eigenvalue weighted by Crippen LogP contribution is -2.46. The third-order valence-corrected chi connectivity index (χ3v) is 3.29. The van der Waals surface area contributed by atoms with E-state index in [0.717, 1.165) is 16.8 Å². The number of rotatable bonds is 5. The van der Waals surface area contributed by atoms with Crippen LogP contribution in [0.3, 0.4) is 0 Å². The second kappa shape index (κ2) is 6.74. The SMILES string of the molecule is Cc1cc(C)cc(NC(=O)C(C)(C)C(=O)NCC(C)C)c1. The summed E-state index contributed by atoms with van der Waals surface area (Å²) >= 11 is 0. The van der Waals surface area contributed by atoms with Crippen molar-refractivity contribution in [3.05, 3.63) is 29.3 Å². The molecule has 1 rings (SSSR count). The fourth-order valence-electron chi connectivity index (χ4n) is 1.96. The van der Waals surface area contributed by atoms with Crippen molar-refractivity contribution in [2.75, 3.05) is 11.9 Å². The van der Waals surface area contributed by atoms with Crippen molar-refractivity contribution in [1.29, 1.82) is 0 Å². The van der Waals surface area contributed by atoms with Crippen molar-refractivity contribution < 1.29 is 9.59 Å². The molecule has 4 nitrogen and oxygen atoms in total. The lowest BCUT2D eigenvalue weighted by molar-refractivity contribution is -0.138. The molecule has 1 aromatic carbocycles. The summed E-state index contributed by atoms with van der Waals surface area (Å²) in [6, 6.07) is 5.83. The molecule has 0 aliphatic rings. The lowest BCUT2D eigenvalue weighted by atomic mass is 9.90. The molecule has 0 fully saturated rings. The Bertz CT molecular complexity index is 513. The second-order valence-corrected chi connectivity index (χ2v) is 6.56. The molecule has 0 aliphatic carbocycles. The summed E-state index contributed by atoms with van der Waals surface area (Å²) in [5.41, 5.74) is 1.77. The Morgan fingerprint density at radius 3 is 2.05 bits per heavy atom. The maximum atomic E-state index is 12.4. The fourth-order valence-corrected chi connectivity index (χ4v) is 1.96. The van der Waals surface area contributed by atoms with Gasteiger partial charge in [0.05, 0.1) is 0 Å². The Balaban J connectivity index is 2.78. The maximum Gasteiger partial charge on any atom is 0.239 e. The van der Waals surface area contributed by atoms with Gasteiger partial charge in [-0.2, -0.15) is 0 Å². The van der Waals surface area contributed by atoms with Crippen molar-refractivity contribution in [3.8, 4) is 0 Å². The van der Waals surface area contributed by atoms with E-state index in [0.29, 0.717) is 12.5 Å². The summed E-state index contributed by atoms with van der Waals surface area (Å²) in [7, 11) is 0. The molecular weight excluding hydrogens is 264 g/mol. The Hall–Kier alpha value is -1.84. The Morgan fingerprint density at radius 1 is 1.05 bits per heavy atom. The molecule has 116 valence electrons. The van der Waals surface area contributed by atoms with Gasteiger partial charge in [0.25, 0.3) is 0 Å². The van der Waals surface area contributed by atoms with Gasteiger partial charge in [0.15, 0.2) is 0 Å².